The second kappa shape index (κ2) is 6.07. The van der Waals surface area contributed by atoms with Crippen LogP contribution >= 0.6 is 0 Å². The minimum absolute atomic E-state index is 0.0627. The van der Waals surface area contributed by atoms with Crippen LogP contribution in [-0.4, -0.2) is 30.1 Å². The molecule has 1 aromatic heterocycles. The third-order valence-electron chi connectivity index (χ3n) is 2.08. The minimum atomic E-state index is -0.486. The molecule has 3 N–H and O–H groups in total. The molecular formula is C11H17N3O2. The summed E-state index contributed by atoms with van der Waals surface area (Å²) < 4.78 is 5.36. The van der Waals surface area contributed by atoms with Crippen LogP contribution in [-0.2, 0) is 4.74 Å². The molecule has 1 atom stereocenters. The number of nitrogens with one attached hydrogen (secondary N) is 1. The second-order valence-corrected chi connectivity index (χ2v) is 3.41. The highest BCUT2D eigenvalue weighted by atomic mass is 16.5. The van der Waals surface area contributed by atoms with Gasteiger partial charge in [-0.25, -0.2) is 4.98 Å². The first kappa shape index (κ1) is 12.4. The number of nitrogens with two attached hydrogens (primary N) is 1. The summed E-state index contributed by atoms with van der Waals surface area (Å²) in [7, 11) is 0. The summed E-state index contributed by atoms with van der Waals surface area (Å²) in [6.07, 6.45) is 1.67. The molecule has 16 heavy (non-hydrogen) atoms. The van der Waals surface area contributed by atoms with Crippen LogP contribution in [0.2, 0.25) is 0 Å². The summed E-state index contributed by atoms with van der Waals surface area (Å²) in [6, 6.07) is 3.32. The van der Waals surface area contributed by atoms with Crippen molar-refractivity contribution in [1.82, 2.24) is 4.98 Å². The first-order valence-electron chi connectivity index (χ1n) is 5.25. The maximum atomic E-state index is 11.1. The van der Waals surface area contributed by atoms with E-state index in [4.69, 9.17) is 10.5 Å². The zero-order chi connectivity index (χ0) is 12.0. The summed E-state index contributed by atoms with van der Waals surface area (Å²) in [6.45, 7) is 5.13. The molecule has 0 radical (unpaired) electrons. The van der Waals surface area contributed by atoms with Crippen LogP contribution in [0.25, 0.3) is 0 Å². The number of hydrogen-bond donors (Lipinski definition) is 2. The van der Waals surface area contributed by atoms with Crippen LogP contribution in [0.15, 0.2) is 18.3 Å². The molecule has 1 rings (SSSR count). The molecule has 0 saturated heterocycles. The molecule has 0 spiro atoms. The fourth-order valence-corrected chi connectivity index (χ4v) is 1.33. The van der Waals surface area contributed by atoms with E-state index < -0.39 is 5.91 Å². The quantitative estimate of drug-likeness (QED) is 0.754. The Morgan fingerprint density at radius 2 is 2.44 bits per heavy atom. The predicted molar refractivity (Wildman–Crippen MR) is 62.3 cm³/mol. The molecule has 1 heterocycles. The predicted octanol–water partition coefficient (Wildman–Crippen LogP) is 1.02. The molecule has 0 bridgehead atoms. The standard InChI is InChI=1S/C11H17N3O2/c1-3-16-8(2)7-14-11-9(10(12)15)5-4-6-13-11/h4-6,8H,3,7H2,1-2H3,(H2,12,15)(H,13,14). The summed E-state index contributed by atoms with van der Waals surface area (Å²) in [5.41, 5.74) is 5.62. The van der Waals surface area contributed by atoms with Gasteiger partial charge in [-0.05, 0) is 26.0 Å². The van der Waals surface area contributed by atoms with Gasteiger partial charge in [0.15, 0.2) is 0 Å². The summed E-state index contributed by atoms with van der Waals surface area (Å²) in [5.74, 6) is 0.0150. The number of nitrogens with zero attached hydrogens (tertiary/aromatic N) is 1. The lowest BCUT2D eigenvalue weighted by Gasteiger charge is -2.14. The number of primary amides is 1. The van der Waals surface area contributed by atoms with Crippen LogP contribution in [0.1, 0.15) is 24.2 Å². The van der Waals surface area contributed by atoms with Gasteiger partial charge in [-0.1, -0.05) is 0 Å². The van der Waals surface area contributed by atoms with Crippen molar-refractivity contribution in [1.29, 1.82) is 0 Å². The Morgan fingerprint density at radius 3 is 3.06 bits per heavy atom. The number of carbonyl (C=O) groups excluding carboxylic acids is 1. The molecule has 0 fully saturated rings. The second-order valence-electron chi connectivity index (χ2n) is 3.41. The van der Waals surface area contributed by atoms with Crippen molar-refractivity contribution in [2.45, 2.75) is 20.0 Å². The molecule has 1 amide bonds. The monoisotopic (exact) mass is 223 g/mol. The third-order valence-corrected chi connectivity index (χ3v) is 2.08. The Hall–Kier alpha value is -1.62. The molecule has 5 heteroatoms. The summed E-state index contributed by atoms with van der Waals surface area (Å²) in [5, 5.41) is 3.04. The smallest absolute Gasteiger partial charge is 0.252 e. The first-order chi connectivity index (χ1) is 7.65. The van der Waals surface area contributed by atoms with Crippen molar-refractivity contribution < 1.29 is 9.53 Å². The van der Waals surface area contributed by atoms with E-state index >= 15 is 0 Å². The van der Waals surface area contributed by atoms with Crippen LogP contribution in [0.5, 0.6) is 0 Å². The lowest BCUT2D eigenvalue weighted by molar-refractivity contribution is 0.0853. The largest absolute Gasteiger partial charge is 0.377 e. The summed E-state index contributed by atoms with van der Waals surface area (Å²) >= 11 is 0. The van der Waals surface area contributed by atoms with Gasteiger partial charge >= 0.3 is 0 Å². The molecule has 0 aliphatic heterocycles. The van der Waals surface area contributed by atoms with Gasteiger partial charge in [0.2, 0.25) is 0 Å². The topological polar surface area (TPSA) is 77.2 Å². The van der Waals surface area contributed by atoms with Crippen molar-refractivity contribution in [2.75, 3.05) is 18.5 Å². The average Bonchev–Trinajstić information content (AvgIpc) is 2.27. The number of aromatic nitrogens is 1. The number of amides is 1. The van der Waals surface area contributed by atoms with E-state index in [2.05, 4.69) is 10.3 Å². The van der Waals surface area contributed by atoms with Gasteiger partial charge in [0.05, 0.1) is 11.7 Å². The SMILES string of the molecule is CCOC(C)CNc1ncccc1C(N)=O. The van der Waals surface area contributed by atoms with Gasteiger partial charge in [0.25, 0.3) is 5.91 Å². The number of carbonyl (C=O) groups is 1. The van der Waals surface area contributed by atoms with Crippen molar-refractivity contribution in [2.24, 2.45) is 5.73 Å². The Balaban J connectivity index is 2.63. The van der Waals surface area contributed by atoms with E-state index in [1.165, 1.54) is 0 Å². The van der Waals surface area contributed by atoms with Crippen LogP contribution < -0.4 is 11.1 Å². The molecule has 0 aliphatic rings. The Bertz CT molecular complexity index is 355. The van der Waals surface area contributed by atoms with E-state index in [0.29, 0.717) is 24.5 Å². The van der Waals surface area contributed by atoms with Gasteiger partial charge in [0.1, 0.15) is 5.82 Å². The fraction of sp³-hybridized carbons (Fsp3) is 0.455. The van der Waals surface area contributed by atoms with Crippen molar-refractivity contribution in [3.63, 3.8) is 0 Å². The maximum absolute atomic E-state index is 11.1. The van der Waals surface area contributed by atoms with Crippen molar-refractivity contribution in [3.8, 4) is 0 Å². The Kier molecular flexibility index (Phi) is 4.72. The highest BCUT2D eigenvalue weighted by Crippen LogP contribution is 2.10. The Labute approximate surface area is 95.0 Å². The molecule has 1 unspecified atom stereocenters. The van der Waals surface area contributed by atoms with Crippen LogP contribution in [0.3, 0.4) is 0 Å². The Morgan fingerprint density at radius 1 is 1.69 bits per heavy atom. The molecule has 1 aromatic rings. The fourth-order valence-electron chi connectivity index (χ4n) is 1.33. The number of pyridine rings is 1. The third kappa shape index (κ3) is 3.51. The molecular weight excluding hydrogens is 206 g/mol. The molecule has 88 valence electrons. The van der Waals surface area contributed by atoms with Gasteiger partial charge in [0, 0.05) is 19.3 Å². The summed E-state index contributed by atoms with van der Waals surface area (Å²) in [4.78, 5) is 15.2. The number of anilines is 1. The minimum Gasteiger partial charge on any atom is -0.377 e. The normalized spacial score (nSPS) is 12.1. The number of rotatable bonds is 6. The lowest BCUT2D eigenvalue weighted by atomic mass is 10.2. The van der Waals surface area contributed by atoms with Gasteiger partial charge in [-0.2, -0.15) is 0 Å². The number of hydrogen-bond acceptors (Lipinski definition) is 4. The first-order valence-corrected chi connectivity index (χ1v) is 5.25. The van der Waals surface area contributed by atoms with E-state index in [1.807, 2.05) is 13.8 Å². The zero-order valence-electron chi connectivity index (χ0n) is 9.56. The molecule has 0 saturated carbocycles. The van der Waals surface area contributed by atoms with Crippen molar-refractivity contribution in [3.05, 3.63) is 23.9 Å². The van der Waals surface area contributed by atoms with Gasteiger partial charge in [-0.3, -0.25) is 4.79 Å². The molecule has 5 nitrogen and oxygen atoms in total. The van der Waals surface area contributed by atoms with Crippen molar-refractivity contribution >= 4 is 11.7 Å². The van der Waals surface area contributed by atoms with E-state index in [0.717, 1.165) is 0 Å². The average molecular weight is 223 g/mol. The molecule has 0 aliphatic carbocycles. The van der Waals surface area contributed by atoms with E-state index in [-0.39, 0.29) is 6.10 Å². The van der Waals surface area contributed by atoms with Crippen LogP contribution in [0, 0.1) is 0 Å². The van der Waals surface area contributed by atoms with Gasteiger partial charge < -0.3 is 15.8 Å². The van der Waals surface area contributed by atoms with E-state index in [1.54, 1.807) is 18.3 Å². The lowest BCUT2D eigenvalue weighted by Crippen LogP contribution is -2.22. The highest BCUT2D eigenvalue weighted by molar-refractivity contribution is 5.97. The number of ether oxygens (including phenoxy) is 1. The van der Waals surface area contributed by atoms with Crippen LogP contribution in [0.4, 0.5) is 5.82 Å². The van der Waals surface area contributed by atoms with E-state index in [9.17, 15) is 4.79 Å². The maximum Gasteiger partial charge on any atom is 0.252 e. The highest BCUT2D eigenvalue weighted by Gasteiger charge is 2.09. The molecule has 0 aromatic carbocycles. The zero-order valence-corrected chi connectivity index (χ0v) is 9.56. The van der Waals surface area contributed by atoms with Gasteiger partial charge in [-0.15, -0.1) is 0 Å².